The number of hydrogen-bond acceptors (Lipinski definition) is 11. The summed E-state index contributed by atoms with van der Waals surface area (Å²) in [7, 11) is -3.76. The topological polar surface area (TPSA) is 203 Å². The summed E-state index contributed by atoms with van der Waals surface area (Å²) in [5.74, 6) is -1.14. The highest BCUT2D eigenvalue weighted by Crippen LogP contribution is 2.36. The zero-order valence-corrected chi connectivity index (χ0v) is 34.9. The molecule has 1 aromatic heterocycles. The first-order valence-corrected chi connectivity index (χ1v) is 22.7. The van der Waals surface area contributed by atoms with Gasteiger partial charge >= 0.3 is 6.09 Å². The van der Waals surface area contributed by atoms with E-state index in [0.29, 0.717) is 17.5 Å². The number of ether oxygens (including phenoxy) is 1. The number of aliphatic hydroxyl groups is 1. The van der Waals surface area contributed by atoms with Gasteiger partial charge in [0.25, 0.3) is 5.91 Å². The first kappa shape index (κ1) is 45.0. The molecule has 0 aliphatic carbocycles. The van der Waals surface area contributed by atoms with E-state index in [1.807, 2.05) is 13.8 Å². The fourth-order valence-corrected chi connectivity index (χ4v) is 8.03. The normalized spacial score (nSPS) is 12.6. The minimum Gasteiger partial charge on any atom is -0.505 e. The Morgan fingerprint density at radius 2 is 1.67 bits per heavy atom. The molecular weight excluding hydrogens is 820 g/mol. The Bertz CT molecular complexity index is 1720. The summed E-state index contributed by atoms with van der Waals surface area (Å²) in [6, 6.07) is 10.9. The van der Waals surface area contributed by atoms with Crippen molar-refractivity contribution in [1.29, 1.82) is 0 Å². The van der Waals surface area contributed by atoms with Crippen LogP contribution in [0.2, 0.25) is 0 Å². The summed E-state index contributed by atoms with van der Waals surface area (Å²) in [5.41, 5.74) is 6.31. The number of aromatic hydroxyl groups is 1. The van der Waals surface area contributed by atoms with E-state index in [0.717, 1.165) is 32.1 Å². The van der Waals surface area contributed by atoms with Crippen LogP contribution in [0.5, 0.6) is 5.75 Å². The number of amides is 2. The lowest BCUT2D eigenvalue weighted by Gasteiger charge is -2.29. The van der Waals surface area contributed by atoms with Crippen molar-refractivity contribution in [1.82, 2.24) is 15.3 Å². The number of carbonyl (C=O) groups is 2. The Kier molecular flexibility index (Phi) is 18.2. The van der Waals surface area contributed by atoms with E-state index in [1.165, 1.54) is 24.4 Å². The molecule has 2 aromatic carbocycles. The summed E-state index contributed by atoms with van der Waals surface area (Å²) in [6.07, 6.45) is 5.08. The van der Waals surface area contributed by atoms with Crippen LogP contribution >= 0.6 is 28.5 Å². The van der Waals surface area contributed by atoms with Crippen LogP contribution in [0, 0.1) is 0 Å². The van der Waals surface area contributed by atoms with E-state index in [2.05, 4.69) is 42.6 Å². The second-order valence-corrected chi connectivity index (χ2v) is 17.6. The Morgan fingerprint density at radius 1 is 1.02 bits per heavy atom. The van der Waals surface area contributed by atoms with Gasteiger partial charge in [-0.2, -0.15) is 0 Å². The van der Waals surface area contributed by atoms with Gasteiger partial charge in [-0.15, -0.1) is 0 Å². The maximum atomic E-state index is 13.8. The fraction of sp³-hybridized carbons (Fsp3) is 0.500. The predicted octanol–water partition coefficient (Wildman–Crippen LogP) is 7.95. The molecule has 0 radical (unpaired) electrons. The van der Waals surface area contributed by atoms with Crippen LogP contribution in [0.25, 0.3) is 11.3 Å². The van der Waals surface area contributed by atoms with Gasteiger partial charge in [-0.1, -0.05) is 57.4 Å². The lowest BCUT2D eigenvalue weighted by molar-refractivity contribution is 0.0523. The minimum atomic E-state index is -3.76. The van der Waals surface area contributed by atoms with E-state index in [9.17, 15) is 23.1 Å². The van der Waals surface area contributed by atoms with Crippen molar-refractivity contribution in [2.24, 2.45) is 0 Å². The molecule has 0 saturated carbocycles. The van der Waals surface area contributed by atoms with Crippen LogP contribution in [0.4, 0.5) is 16.3 Å². The summed E-state index contributed by atoms with van der Waals surface area (Å²) in [5, 5.41) is 24.9. The average molecular weight is 874 g/mol. The molecule has 2 atom stereocenters. The number of unbranched alkanes of at least 4 members (excludes halogenated alkanes) is 3. The number of sulfone groups is 1. The van der Waals surface area contributed by atoms with Crippen LogP contribution in [0.15, 0.2) is 53.6 Å². The molecule has 0 bridgehead atoms. The van der Waals surface area contributed by atoms with E-state index < -0.39 is 32.2 Å². The van der Waals surface area contributed by atoms with Crippen LogP contribution < -0.4 is 16.4 Å². The maximum Gasteiger partial charge on any atom is 0.407 e. The number of para-hydroxylation sites is 1. The molecule has 1 heterocycles. The van der Waals surface area contributed by atoms with Gasteiger partial charge in [0.15, 0.2) is 21.3 Å². The molecule has 0 spiro atoms. The van der Waals surface area contributed by atoms with Crippen molar-refractivity contribution in [3.05, 3.63) is 59.9 Å². The number of alkyl carbamates (subject to hydrolysis) is 1. The molecule has 52 heavy (non-hydrogen) atoms. The number of carbonyl (C=O) groups excluding carboxylic acids is 2. The number of nitrogens with two attached hydrogens (primary N) is 1. The standard InChI is InChI=1S/C34H47IN5O8PS.C2H6/c1-33(2,3)47-32(44)38-20-23-11-10-13-26(29(23)42)40-31(43)28-30(36)37-21-27(39-28)22-14-16-25(17-15-22)50(45,46)34(4,5)19-24(48-49-35)12-8-6-7-9-18-41;1-2/h10-11,13-17,21,24,41-42,49H,6-9,12,18-20H2,1-5H3,(H2,36,37)(H,38,44)(H,40,43);1-2H3. The Morgan fingerprint density at radius 3 is 2.29 bits per heavy atom. The highest BCUT2D eigenvalue weighted by molar-refractivity contribution is 14.2. The fourth-order valence-electron chi connectivity index (χ4n) is 5.09. The first-order chi connectivity index (χ1) is 24.5. The number of phenols is 1. The summed E-state index contributed by atoms with van der Waals surface area (Å²) in [4.78, 5) is 34.0. The number of phenolic OH excluding ortho intramolecular Hbond substituents is 1. The van der Waals surface area contributed by atoms with Crippen LogP contribution in [0.1, 0.15) is 103 Å². The van der Waals surface area contributed by atoms with Gasteiger partial charge in [0.1, 0.15) is 11.4 Å². The van der Waals surface area contributed by atoms with Gasteiger partial charge in [0.2, 0.25) is 0 Å². The molecule has 0 aliphatic heterocycles. The molecule has 0 fully saturated rings. The molecule has 13 nitrogen and oxygen atoms in total. The first-order valence-electron chi connectivity index (χ1n) is 17.2. The third kappa shape index (κ3) is 13.4. The van der Waals surface area contributed by atoms with Crippen LogP contribution in [-0.4, -0.2) is 63.7 Å². The van der Waals surface area contributed by atoms with E-state index in [4.69, 9.17) is 20.1 Å². The van der Waals surface area contributed by atoms with Gasteiger partial charge in [-0.3, -0.25) is 4.79 Å². The number of hydrogen-bond donors (Lipinski definition) is 5. The zero-order valence-electron chi connectivity index (χ0n) is 31.0. The lowest BCUT2D eigenvalue weighted by Crippen LogP contribution is -2.36. The summed E-state index contributed by atoms with van der Waals surface area (Å²) < 4.78 is 37.6. The van der Waals surface area contributed by atoms with Gasteiger partial charge in [0.05, 0.1) is 39.8 Å². The van der Waals surface area contributed by atoms with Gasteiger partial charge in [0, 0.05) is 24.3 Å². The number of nitrogens with one attached hydrogen (secondary N) is 2. The molecule has 6 N–H and O–H groups in total. The second-order valence-electron chi connectivity index (χ2n) is 13.3. The smallest absolute Gasteiger partial charge is 0.407 e. The quantitative estimate of drug-likeness (QED) is 0.0381. The average Bonchev–Trinajstić information content (AvgIpc) is 3.08. The SMILES string of the molecule is CC.CC(C)(C)OC(=O)NCc1cccc(NC(=O)c2nc(-c3ccc(S(=O)(=O)C(C)(C)CC(CCCCCCO)OPI)cc3)cnc2N)c1O. The van der Waals surface area contributed by atoms with Crippen molar-refractivity contribution in [3.63, 3.8) is 0 Å². The van der Waals surface area contributed by atoms with Crippen molar-refractivity contribution in [2.75, 3.05) is 17.7 Å². The molecule has 3 aromatic rings. The molecule has 16 heteroatoms. The van der Waals surface area contributed by atoms with Gasteiger partial charge in [-0.05, 0) is 94.1 Å². The minimum absolute atomic E-state index is 0.0516. The summed E-state index contributed by atoms with van der Waals surface area (Å²) in [6.45, 7) is 12.9. The molecule has 3 rings (SSSR count). The predicted molar refractivity (Wildman–Crippen MR) is 216 cm³/mol. The van der Waals surface area contributed by atoms with Crippen molar-refractivity contribution in [2.45, 2.75) is 115 Å². The van der Waals surface area contributed by atoms with Crippen LogP contribution in [0.3, 0.4) is 0 Å². The maximum absolute atomic E-state index is 13.8. The van der Waals surface area contributed by atoms with Crippen LogP contribution in [-0.2, 0) is 25.6 Å². The molecule has 0 aliphatic rings. The number of aliphatic hydroxyl groups excluding tert-OH is 1. The van der Waals surface area contributed by atoms with Gasteiger partial charge < -0.3 is 35.8 Å². The number of aromatic nitrogens is 2. The highest BCUT2D eigenvalue weighted by atomic mass is 127. The lowest BCUT2D eigenvalue weighted by atomic mass is 10.00. The molecule has 288 valence electrons. The number of anilines is 2. The second kappa shape index (κ2) is 21.0. The number of nitrogen functional groups attached to an aromatic ring is 1. The Labute approximate surface area is 322 Å². The Hall–Kier alpha value is -3.11. The number of halogens is 1. The highest BCUT2D eigenvalue weighted by Gasteiger charge is 2.38. The monoisotopic (exact) mass is 873 g/mol. The van der Waals surface area contributed by atoms with E-state index in [-0.39, 0.29) is 59.2 Å². The molecule has 2 unspecified atom stereocenters. The number of rotatable bonds is 17. The van der Waals surface area contributed by atoms with Crippen molar-refractivity contribution < 1.29 is 37.5 Å². The van der Waals surface area contributed by atoms with Crippen molar-refractivity contribution in [3.8, 4) is 17.0 Å². The van der Waals surface area contributed by atoms with Crippen molar-refractivity contribution >= 4 is 61.8 Å². The molecule has 0 saturated heterocycles. The Balaban J connectivity index is 0.00000460. The largest absolute Gasteiger partial charge is 0.505 e. The number of benzene rings is 2. The third-order valence-electron chi connectivity index (χ3n) is 7.76. The van der Waals surface area contributed by atoms with E-state index in [1.54, 1.807) is 58.9 Å². The van der Waals surface area contributed by atoms with Gasteiger partial charge in [-0.25, -0.2) is 23.2 Å². The van der Waals surface area contributed by atoms with E-state index >= 15 is 0 Å². The summed E-state index contributed by atoms with van der Waals surface area (Å²) >= 11 is 2.15. The third-order valence-corrected chi connectivity index (χ3v) is 11.5. The zero-order chi connectivity index (χ0) is 39.1. The molecular formula is C36H53IN5O8PS. The molecule has 2 amide bonds. The number of nitrogens with zero attached hydrogens (tertiary/aromatic N) is 2.